The molecule has 3 rings (SSSR count). The molecule has 0 spiro atoms. The molecule has 0 bridgehead atoms. The minimum absolute atomic E-state index is 0.0375. The lowest BCUT2D eigenvalue weighted by Crippen LogP contribution is -2.58. The number of amides is 2. The molecule has 7 nitrogen and oxygen atoms in total. The standard InChI is InChI=1S/C18H25N3O4/c1-3-6-18(2,19)17(23)21-9-7-20(8-10-21)16(22)13-4-5-14-15(11-13)25-12-24-14/h4-5,11H,3,6-10,12,19H2,1-2H3. The van der Waals surface area contributed by atoms with Gasteiger partial charge in [-0.15, -0.1) is 0 Å². The summed E-state index contributed by atoms with van der Waals surface area (Å²) in [5, 5.41) is 0. The first-order chi connectivity index (χ1) is 11.9. The zero-order valence-corrected chi connectivity index (χ0v) is 14.8. The van der Waals surface area contributed by atoms with Gasteiger partial charge in [0.05, 0.1) is 5.54 Å². The fourth-order valence-electron chi connectivity index (χ4n) is 3.31. The van der Waals surface area contributed by atoms with Gasteiger partial charge in [-0.05, 0) is 31.5 Å². The number of ether oxygens (including phenoxy) is 2. The van der Waals surface area contributed by atoms with E-state index in [0.29, 0.717) is 49.7 Å². The molecule has 0 aliphatic carbocycles. The topological polar surface area (TPSA) is 85.1 Å². The van der Waals surface area contributed by atoms with Gasteiger partial charge in [-0.1, -0.05) is 13.3 Å². The number of piperazine rings is 1. The van der Waals surface area contributed by atoms with E-state index in [1.165, 1.54) is 0 Å². The smallest absolute Gasteiger partial charge is 0.254 e. The van der Waals surface area contributed by atoms with E-state index < -0.39 is 5.54 Å². The molecule has 2 aliphatic rings. The molecule has 0 radical (unpaired) electrons. The van der Waals surface area contributed by atoms with Gasteiger partial charge in [-0.25, -0.2) is 0 Å². The summed E-state index contributed by atoms with van der Waals surface area (Å²) in [7, 11) is 0. The zero-order valence-electron chi connectivity index (χ0n) is 14.8. The number of hydrogen-bond acceptors (Lipinski definition) is 5. The molecule has 25 heavy (non-hydrogen) atoms. The van der Waals surface area contributed by atoms with Crippen LogP contribution in [0.3, 0.4) is 0 Å². The summed E-state index contributed by atoms with van der Waals surface area (Å²) in [4.78, 5) is 28.8. The van der Waals surface area contributed by atoms with Crippen molar-refractivity contribution >= 4 is 11.8 Å². The third-order valence-corrected chi connectivity index (χ3v) is 4.73. The Bertz CT molecular complexity index is 666. The molecule has 1 aromatic carbocycles. The van der Waals surface area contributed by atoms with Crippen LogP contribution in [0.15, 0.2) is 18.2 Å². The van der Waals surface area contributed by atoms with Gasteiger partial charge >= 0.3 is 0 Å². The predicted molar refractivity (Wildman–Crippen MR) is 92.5 cm³/mol. The van der Waals surface area contributed by atoms with Gasteiger partial charge in [0, 0.05) is 31.7 Å². The van der Waals surface area contributed by atoms with Crippen molar-refractivity contribution in [2.75, 3.05) is 33.0 Å². The molecule has 0 aromatic heterocycles. The van der Waals surface area contributed by atoms with Crippen molar-refractivity contribution in [3.63, 3.8) is 0 Å². The second kappa shape index (κ2) is 6.92. The SMILES string of the molecule is CCCC(C)(N)C(=O)N1CCN(C(=O)c2ccc3c(c2)OCO3)CC1. The highest BCUT2D eigenvalue weighted by Crippen LogP contribution is 2.32. The van der Waals surface area contributed by atoms with Crippen molar-refractivity contribution < 1.29 is 19.1 Å². The Balaban J connectivity index is 1.60. The number of nitrogens with two attached hydrogens (primary N) is 1. The minimum atomic E-state index is -0.835. The van der Waals surface area contributed by atoms with Crippen LogP contribution in [0, 0.1) is 0 Å². The molecule has 7 heteroatoms. The van der Waals surface area contributed by atoms with Gasteiger partial charge in [0.15, 0.2) is 11.5 Å². The monoisotopic (exact) mass is 347 g/mol. The summed E-state index contributed by atoms with van der Waals surface area (Å²) in [6, 6.07) is 5.20. The van der Waals surface area contributed by atoms with Crippen LogP contribution in [0.2, 0.25) is 0 Å². The molecule has 1 unspecified atom stereocenters. The van der Waals surface area contributed by atoms with Gasteiger partial charge in [-0.3, -0.25) is 9.59 Å². The molecule has 0 saturated carbocycles. The molecule has 2 aliphatic heterocycles. The minimum Gasteiger partial charge on any atom is -0.454 e. The van der Waals surface area contributed by atoms with Gasteiger partial charge in [0.1, 0.15) is 0 Å². The predicted octanol–water partition coefficient (Wildman–Crippen LogP) is 1.22. The fourth-order valence-corrected chi connectivity index (χ4v) is 3.31. The Morgan fingerprint density at radius 1 is 1.12 bits per heavy atom. The molecule has 136 valence electrons. The van der Waals surface area contributed by atoms with Crippen LogP contribution in [0.1, 0.15) is 37.0 Å². The second-order valence-corrected chi connectivity index (χ2v) is 6.82. The molecule has 2 heterocycles. The molecular formula is C18H25N3O4. The lowest BCUT2D eigenvalue weighted by Gasteiger charge is -2.38. The summed E-state index contributed by atoms with van der Waals surface area (Å²) >= 11 is 0. The van der Waals surface area contributed by atoms with Crippen molar-refractivity contribution in [1.29, 1.82) is 0 Å². The first-order valence-corrected chi connectivity index (χ1v) is 8.69. The van der Waals surface area contributed by atoms with Crippen LogP contribution in [0.25, 0.3) is 0 Å². The van der Waals surface area contributed by atoms with Crippen LogP contribution in [-0.2, 0) is 4.79 Å². The van der Waals surface area contributed by atoms with E-state index in [1.807, 2.05) is 6.92 Å². The van der Waals surface area contributed by atoms with Crippen LogP contribution < -0.4 is 15.2 Å². The third-order valence-electron chi connectivity index (χ3n) is 4.73. The normalized spacial score (nSPS) is 18.8. The Hall–Kier alpha value is -2.28. The third kappa shape index (κ3) is 3.56. The van der Waals surface area contributed by atoms with Crippen LogP contribution >= 0.6 is 0 Å². The number of carbonyl (C=O) groups excluding carboxylic acids is 2. The molecule has 1 fully saturated rings. The highest BCUT2D eigenvalue weighted by Gasteiger charge is 2.34. The number of rotatable bonds is 4. The van der Waals surface area contributed by atoms with E-state index in [2.05, 4.69) is 0 Å². The Morgan fingerprint density at radius 2 is 1.76 bits per heavy atom. The maximum absolute atomic E-state index is 12.7. The van der Waals surface area contributed by atoms with Gasteiger partial charge in [-0.2, -0.15) is 0 Å². The molecule has 1 atom stereocenters. The maximum Gasteiger partial charge on any atom is 0.254 e. The van der Waals surface area contributed by atoms with Crippen molar-refractivity contribution in [3.8, 4) is 11.5 Å². The highest BCUT2D eigenvalue weighted by atomic mass is 16.7. The highest BCUT2D eigenvalue weighted by molar-refractivity contribution is 5.95. The van der Waals surface area contributed by atoms with Gasteiger partial charge in [0.2, 0.25) is 12.7 Å². The zero-order chi connectivity index (χ0) is 18.0. The summed E-state index contributed by atoms with van der Waals surface area (Å²) in [5.74, 6) is 1.15. The quantitative estimate of drug-likeness (QED) is 0.885. The number of carbonyl (C=O) groups is 2. The summed E-state index contributed by atoms with van der Waals surface area (Å²) in [5.41, 5.74) is 5.87. The van der Waals surface area contributed by atoms with E-state index in [0.717, 1.165) is 6.42 Å². The van der Waals surface area contributed by atoms with E-state index in [-0.39, 0.29) is 18.6 Å². The fraction of sp³-hybridized carbons (Fsp3) is 0.556. The Labute approximate surface area is 147 Å². The number of benzene rings is 1. The van der Waals surface area contributed by atoms with E-state index in [9.17, 15) is 9.59 Å². The molecule has 2 N–H and O–H groups in total. The van der Waals surface area contributed by atoms with E-state index >= 15 is 0 Å². The largest absolute Gasteiger partial charge is 0.454 e. The number of fused-ring (bicyclic) bond motifs is 1. The van der Waals surface area contributed by atoms with Crippen molar-refractivity contribution in [1.82, 2.24) is 9.80 Å². The van der Waals surface area contributed by atoms with Gasteiger partial charge < -0.3 is 25.0 Å². The van der Waals surface area contributed by atoms with E-state index in [4.69, 9.17) is 15.2 Å². The molecule has 2 amide bonds. The van der Waals surface area contributed by atoms with E-state index in [1.54, 1.807) is 34.9 Å². The second-order valence-electron chi connectivity index (χ2n) is 6.82. The Kier molecular flexibility index (Phi) is 4.85. The van der Waals surface area contributed by atoms with Gasteiger partial charge in [0.25, 0.3) is 5.91 Å². The molecular weight excluding hydrogens is 322 g/mol. The summed E-state index contributed by atoms with van der Waals surface area (Å²) in [6.07, 6.45) is 1.52. The van der Waals surface area contributed by atoms with Crippen LogP contribution in [0.4, 0.5) is 0 Å². The average Bonchev–Trinajstić information content (AvgIpc) is 3.08. The van der Waals surface area contributed by atoms with Crippen LogP contribution in [0.5, 0.6) is 11.5 Å². The van der Waals surface area contributed by atoms with Crippen molar-refractivity contribution in [2.45, 2.75) is 32.2 Å². The molecule has 1 saturated heterocycles. The average molecular weight is 347 g/mol. The lowest BCUT2D eigenvalue weighted by atomic mass is 9.95. The van der Waals surface area contributed by atoms with Crippen molar-refractivity contribution in [3.05, 3.63) is 23.8 Å². The van der Waals surface area contributed by atoms with Crippen molar-refractivity contribution in [2.24, 2.45) is 5.73 Å². The van der Waals surface area contributed by atoms with Crippen LogP contribution in [-0.4, -0.2) is 60.1 Å². The number of nitrogens with zero attached hydrogens (tertiary/aromatic N) is 2. The first-order valence-electron chi connectivity index (χ1n) is 8.69. The number of hydrogen-bond donors (Lipinski definition) is 1. The maximum atomic E-state index is 12.7. The summed E-state index contributed by atoms with van der Waals surface area (Å²) in [6.45, 7) is 5.99. The Morgan fingerprint density at radius 3 is 2.44 bits per heavy atom. The lowest BCUT2D eigenvalue weighted by molar-refractivity contribution is -0.138. The molecule has 1 aromatic rings. The summed E-state index contributed by atoms with van der Waals surface area (Å²) < 4.78 is 10.6. The first kappa shape index (κ1) is 17.5.